The number of hydrogen-bond acceptors (Lipinski definition) is 3. The summed E-state index contributed by atoms with van der Waals surface area (Å²) < 4.78 is 21.9. The topological polar surface area (TPSA) is 55.8 Å². The van der Waals surface area contributed by atoms with Crippen LogP contribution in [-0.4, -0.2) is 17.6 Å². The molecule has 1 saturated heterocycles. The quantitative estimate of drug-likeness (QED) is 0.782. The number of phosphoric ester groups is 1. The van der Waals surface area contributed by atoms with Crippen molar-refractivity contribution >= 4 is 7.82 Å². The van der Waals surface area contributed by atoms with E-state index in [4.69, 9.17) is 9.05 Å². The minimum atomic E-state index is -3.82. The molecule has 0 spiro atoms. The lowest BCUT2D eigenvalue weighted by molar-refractivity contribution is 0.0927. The fraction of sp³-hybridized carbons (Fsp3) is 1.00. The van der Waals surface area contributed by atoms with Crippen molar-refractivity contribution in [3.05, 3.63) is 0 Å². The number of phosphoric acid groups is 1. The van der Waals surface area contributed by atoms with Gasteiger partial charge in [-0.05, 0) is 19.3 Å². The van der Waals surface area contributed by atoms with Gasteiger partial charge in [-0.2, -0.15) is 0 Å². The monoisotopic (exact) mass is 264 g/mol. The van der Waals surface area contributed by atoms with E-state index in [1.165, 1.54) is 12.8 Å². The Bertz CT molecular complexity index is 245. The number of hydrogen-bond donors (Lipinski definition) is 1. The second-order valence-corrected chi connectivity index (χ2v) is 6.13. The lowest BCUT2D eigenvalue weighted by atomic mass is 10.0. The van der Waals surface area contributed by atoms with Crippen LogP contribution in [0.1, 0.15) is 64.7 Å². The van der Waals surface area contributed by atoms with Crippen molar-refractivity contribution in [3.63, 3.8) is 0 Å². The third-order valence-electron chi connectivity index (χ3n) is 3.09. The lowest BCUT2D eigenvalue weighted by Gasteiger charge is -2.20. The number of rotatable bonds is 3. The van der Waals surface area contributed by atoms with Crippen molar-refractivity contribution < 1.29 is 18.5 Å². The fourth-order valence-electron chi connectivity index (χ4n) is 2.08. The summed E-state index contributed by atoms with van der Waals surface area (Å²) in [6, 6.07) is 0. The third kappa shape index (κ3) is 7.20. The predicted molar refractivity (Wildman–Crippen MR) is 67.9 cm³/mol. The maximum absolute atomic E-state index is 11.7. The molecule has 4 nitrogen and oxygen atoms in total. The predicted octanol–water partition coefficient (Wildman–Crippen LogP) is 4.03. The molecule has 0 aliphatic carbocycles. The molecule has 0 aromatic rings. The van der Waals surface area contributed by atoms with Crippen LogP contribution in [0.2, 0.25) is 0 Å². The summed E-state index contributed by atoms with van der Waals surface area (Å²) in [5.74, 6) is 0. The summed E-state index contributed by atoms with van der Waals surface area (Å²) in [6.07, 6.45) is 9.06. The Balaban J connectivity index is 2.49. The molecule has 102 valence electrons. The average molecular weight is 264 g/mol. The Kier molecular flexibility index (Phi) is 7.36. The molecule has 1 rings (SSSR count). The second kappa shape index (κ2) is 8.25. The van der Waals surface area contributed by atoms with Gasteiger partial charge in [-0.25, -0.2) is 4.57 Å². The van der Waals surface area contributed by atoms with Crippen LogP contribution in [0.3, 0.4) is 0 Å². The molecule has 0 radical (unpaired) electrons. The van der Waals surface area contributed by atoms with Gasteiger partial charge in [0.05, 0.1) is 12.7 Å². The lowest BCUT2D eigenvalue weighted by Crippen LogP contribution is -2.12. The van der Waals surface area contributed by atoms with E-state index in [1.54, 1.807) is 0 Å². The fourth-order valence-corrected chi connectivity index (χ4v) is 3.09. The van der Waals surface area contributed by atoms with E-state index in [1.807, 2.05) is 0 Å². The molecule has 0 aromatic carbocycles. The molecule has 0 amide bonds. The summed E-state index contributed by atoms with van der Waals surface area (Å²) in [6.45, 7) is 2.44. The maximum Gasteiger partial charge on any atom is 0.472 e. The van der Waals surface area contributed by atoms with Crippen molar-refractivity contribution in [1.29, 1.82) is 0 Å². The molecule has 5 heteroatoms. The van der Waals surface area contributed by atoms with Gasteiger partial charge in [-0.3, -0.25) is 9.05 Å². The average Bonchev–Trinajstić information content (AvgIpc) is 2.31. The van der Waals surface area contributed by atoms with Crippen molar-refractivity contribution in [3.8, 4) is 0 Å². The summed E-state index contributed by atoms with van der Waals surface area (Å²) in [5.41, 5.74) is 0. The first kappa shape index (κ1) is 15.2. The SMILES string of the molecule is CCCCC1CCCCCCCOP(=O)(O)O1. The highest BCUT2D eigenvalue weighted by molar-refractivity contribution is 7.47. The molecule has 2 unspecified atom stereocenters. The molecule has 0 aromatic heterocycles. The van der Waals surface area contributed by atoms with Gasteiger partial charge in [0.25, 0.3) is 0 Å². The smallest absolute Gasteiger partial charge is 0.302 e. The number of unbranched alkanes of at least 4 members (excludes halogenated alkanes) is 1. The van der Waals surface area contributed by atoms with Gasteiger partial charge in [0.1, 0.15) is 0 Å². The van der Waals surface area contributed by atoms with Gasteiger partial charge in [-0.1, -0.05) is 45.4 Å². The molecule has 1 heterocycles. The van der Waals surface area contributed by atoms with E-state index < -0.39 is 7.82 Å². The molecule has 0 saturated carbocycles. The molecule has 1 aliphatic heterocycles. The zero-order valence-corrected chi connectivity index (χ0v) is 11.7. The minimum absolute atomic E-state index is 0.121. The molecular formula is C12H25O4P. The zero-order valence-electron chi connectivity index (χ0n) is 10.8. The molecule has 17 heavy (non-hydrogen) atoms. The zero-order chi connectivity index (χ0) is 12.6. The van der Waals surface area contributed by atoms with Gasteiger partial charge < -0.3 is 4.89 Å². The Morgan fingerprint density at radius 2 is 1.94 bits per heavy atom. The summed E-state index contributed by atoms with van der Waals surface area (Å²) in [4.78, 5) is 9.57. The standard InChI is InChI=1S/C12H25O4P/c1-2-3-9-12-10-7-5-4-6-8-11-15-17(13,14)16-12/h12H,2-11H2,1H3,(H,13,14). The Labute approximate surface area is 104 Å². The van der Waals surface area contributed by atoms with E-state index in [9.17, 15) is 9.46 Å². The highest BCUT2D eigenvalue weighted by Crippen LogP contribution is 2.46. The van der Waals surface area contributed by atoms with Crippen LogP contribution in [0, 0.1) is 0 Å². The first-order chi connectivity index (χ1) is 8.14. The van der Waals surface area contributed by atoms with Gasteiger partial charge in [0.15, 0.2) is 0 Å². The van der Waals surface area contributed by atoms with Crippen molar-refractivity contribution in [2.24, 2.45) is 0 Å². The van der Waals surface area contributed by atoms with E-state index in [-0.39, 0.29) is 6.10 Å². The van der Waals surface area contributed by atoms with Crippen LogP contribution >= 0.6 is 7.82 Å². The van der Waals surface area contributed by atoms with E-state index in [0.717, 1.165) is 44.9 Å². The summed E-state index contributed by atoms with van der Waals surface area (Å²) in [7, 11) is -3.82. The largest absolute Gasteiger partial charge is 0.472 e. The summed E-state index contributed by atoms with van der Waals surface area (Å²) in [5, 5.41) is 0. The van der Waals surface area contributed by atoms with Gasteiger partial charge >= 0.3 is 7.82 Å². The van der Waals surface area contributed by atoms with Crippen LogP contribution in [0.15, 0.2) is 0 Å². The second-order valence-electron chi connectivity index (χ2n) is 4.73. The van der Waals surface area contributed by atoms with Gasteiger partial charge in [0.2, 0.25) is 0 Å². The Morgan fingerprint density at radius 3 is 2.71 bits per heavy atom. The maximum atomic E-state index is 11.7. The van der Waals surface area contributed by atoms with Crippen molar-refractivity contribution in [2.75, 3.05) is 6.61 Å². The van der Waals surface area contributed by atoms with Crippen LogP contribution < -0.4 is 0 Å². The van der Waals surface area contributed by atoms with Gasteiger partial charge in [0, 0.05) is 0 Å². The van der Waals surface area contributed by atoms with Crippen molar-refractivity contribution in [1.82, 2.24) is 0 Å². The van der Waals surface area contributed by atoms with Crippen LogP contribution in [0.5, 0.6) is 0 Å². The van der Waals surface area contributed by atoms with E-state index in [2.05, 4.69) is 6.92 Å². The van der Waals surface area contributed by atoms with Gasteiger partial charge in [-0.15, -0.1) is 0 Å². The van der Waals surface area contributed by atoms with Crippen molar-refractivity contribution in [2.45, 2.75) is 70.8 Å². The first-order valence-electron chi connectivity index (χ1n) is 6.80. The Hall–Kier alpha value is 0.110. The summed E-state index contributed by atoms with van der Waals surface area (Å²) >= 11 is 0. The molecular weight excluding hydrogens is 239 g/mol. The first-order valence-corrected chi connectivity index (χ1v) is 8.29. The molecule has 1 N–H and O–H groups in total. The van der Waals surface area contributed by atoms with Crippen LogP contribution in [0.4, 0.5) is 0 Å². The van der Waals surface area contributed by atoms with E-state index in [0.29, 0.717) is 6.61 Å². The molecule has 0 bridgehead atoms. The van der Waals surface area contributed by atoms with E-state index >= 15 is 0 Å². The minimum Gasteiger partial charge on any atom is -0.302 e. The third-order valence-corrected chi connectivity index (χ3v) is 4.16. The Morgan fingerprint density at radius 1 is 1.24 bits per heavy atom. The highest BCUT2D eigenvalue weighted by Gasteiger charge is 2.26. The molecule has 1 aliphatic rings. The molecule has 1 fully saturated rings. The highest BCUT2D eigenvalue weighted by atomic mass is 31.2. The molecule has 2 atom stereocenters. The van der Waals surface area contributed by atoms with Crippen LogP contribution in [0.25, 0.3) is 0 Å². The normalized spacial score (nSPS) is 32.9. The van der Waals surface area contributed by atoms with Crippen LogP contribution in [-0.2, 0) is 13.6 Å².